The van der Waals surface area contributed by atoms with Gasteiger partial charge in [-0.15, -0.1) is 0 Å². The number of hydrogen-bond donors (Lipinski definition) is 3. The molecule has 2 aliphatic rings. The predicted octanol–water partition coefficient (Wildman–Crippen LogP) is -1.45. The van der Waals surface area contributed by atoms with Crippen molar-refractivity contribution in [3.63, 3.8) is 0 Å². The summed E-state index contributed by atoms with van der Waals surface area (Å²) in [5.74, 6) is 1.14. The van der Waals surface area contributed by atoms with Crippen molar-refractivity contribution in [2.45, 2.75) is 6.04 Å². The molecular weight excluding hydrogens is 140 g/mol. The highest BCUT2D eigenvalue weighted by Crippen LogP contribution is 1.94. The molecule has 2 aliphatic heterocycles. The standard InChI is InChI=1S/C7H14N4/c1-2-9-6(5-8-1)7-10-3-4-11-7/h6,8-9H,1-5H2,(H,10,11). The van der Waals surface area contributed by atoms with Crippen molar-refractivity contribution in [1.82, 2.24) is 16.0 Å². The second-order valence-electron chi connectivity index (χ2n) is 2.90. The van der Waals surface area contributed by atoms with Crippen LogP contribution in [0.4, 0.5) is 0 Å². The fourth-order valence-corrected chi connectivity index (χ4v) is 1.50. The Balaban J connectivity index is 1.92. The van der Waals surface area contributed by atoms with E-state index in [0.29, 0.717) is 6.04 Å². The molecular formula is C7H14N4. The Labute approximate surface area is 66.5 Å². The first-order chi connectivity index (χ1) is 5.47. The lowest BCUT2D eigenvalue weighted by molar-refractivity contribution is 0.483. The molecule has 1 fully saturated rings. The quantitative estimate of drug-likeness (QED) is 0.433. The Hall–Kier alpha value is -0.610. The molecule has 0 spiro atoms. The second-order valence-corrected chi connectivity index (χ2v) is 2.90. The Morgan fingerprint density at radius 3 is 2.91 bits per heavy atom. The molecule has 11 heavy (non-hydrogen) atoms. The van der Waals surface area contributed by atoms with E-state index < -0.39 is 0 Å². The third-order valence-electron chi connectivity index (χ3n) is 2.07. The lowest BCUT2D eigenvalue weighted by atomic mass is 10.2. The Bertz CT molecular complexity index is 160. The molecule has 0 saturated carbocycles. The molecule has 62 valence electrons. The average Bonchev–Trinajstić information content (AvgIpc) is 2.58. The molecule has 0 aromatic heterocycles. The lowest BCUT2D eigenvalue weighted by Gasteiger charge is -2.24. The van der Waals surface area contributed by atoms with E-state index in [1.54, 1.807) is 0 Å². The zero-order chi connectivity index (χ0) is 7.52. The van der Waals surface area contributed by atoms with Gasteiger partial charge in [0.05, 0.1) is 12.6 Å². The average molecular weight is 154 g/mol. The summed E-state index contributed by atoms with van der Waals surface area (Å²) in [5, 5.41) is 10.0. The minimum absolute atomic E-state index is 0.422. The summed E-state index contributed by atoms with van der Waals surface area (Å²) < 4.78 is 0. The van der Waals surface area contributed by atoms with E-state index in [2.05, 4.69) is 20.9 Å². The highest BCUT2D eigenvalue weighted by atomic mass is 15.2. The first kappa shape index (κ1) is 7.06. The van der Waals surface area contributed by atoms with E-state index in [0.717, 1.165) is 38.6 Å². The molecule has 0 amide bonds. The van der Waals surface area contributed by atoms with Crippen LogP contribution in [0, 0.1) is 0 Å². The second kappa shape index (κ2) is 3.19. The maximum atomic E-state index is 4.36. The van der Waals surface area contributed by atoms with Crippen LogP contribution in [0.5, 0.6) is 0 Å². The lowest BCUT2D eigenvalue weighted by Crippen LogP contribution is -2.54. The zero-order valence-electron chi connectivity index (χ0n) is 6.56. The number of hydrogen-bond acceptors (Lipinski definition) is 4. The molecule has 0 aromatic carbocycles. The van der Waals surface area contributed by atoms with E-state index in [1.807, 2.05) is 0 Å². The molecule has 1 unspecified atom stereocenters. The van der Waals surface area contributed by atoms with Crippen LogP contribution in [0.15, 0.2) is 4.99 Å². The van der Waals surface area contributed by atoms with Crippen LogP contribution < -0.4 is 16.0 Å². The van der Waals surface area contributed by atoms with Crippen LogP contribution in [-0.4, -0.2) is 44.6 Å². The van der Waals surface area contributed by atoms with Gasteiger partial charge < -0.3 is 16.0 Å². The largest absolute Gasteiger partial charge is 0.371 e. The highest BCUT2D eigenvalue weighted by Gasteiger charge is 2.19. The molecule has 3 N–H and O–H groups in total. The topological polar surface area (TPSA) is 48.4 Å². The Kier molecular flexibility index (Phi) is 2.05. The van der Waals surface area contributed by atoms with Crippen molar-refractivity contribution in [2.75, 3.05) is 32.7 Å². The fourth-order valence-electron chi connectivity index (χ4n) is 1.50. The van der Waals surface area contributed by atoms with E-state index in [4.69, 9.17) is 0 Å². The number of nitrogens with zero attached hydrogens (tertiary/aromatic N) is 1. The number of amidine groups is 1. The fraction of sp³-hybridized carbons (Fsp3) is 0.857. The van der Waals surface area contributed by atoms with Gasteiger partial charge in [-0.25, -0.2) is 0 Å². The van der Waals surface area contributed by atoms with Gasteiger partial charge in [0, 0.05) is 26.2 Å². The third kappa shape index (κ3) is 1.52. The van der Waals surface area contributed by atoms with Crippen LogP contribution in [0.2, 0.25) is 0 Å². The van der Waals surface area contributed by atoms with Crippen LogP contribution in [0.25, 0.3) is 0 Å². The van der Waals surface area contributed by atoms with Crippen LogP contribution in [0.1, 0.15) is 0 Å². The highest BCUT2D eigenvalue weighted by molar-refractivity contribution is 5.89. The van der Waals surface area contributed by atoms with Crippen molar-refractivity contribution in [3.05, 3.63) is 0 Å². The first-order valence-corrected chi connectivity index (χ1v) is 4.19. The number of rotatable bonds is 1. The number of aliphatic imine (C=N–C) groups is 1. The van der Waals surface area contributed by atoms with E-state index in [1.165, 1.54) is 0 Å². The van der Waals surface area contributed by atoms with Crippen LogP contribution >= 0.6 is 0 Å². The van der Waals surface area contributed by atoms with Gasteiger partial charge in [-0.1, -0.05) is 0 Å². The molecule has 1 saturated heterocycles. The molecule has 2 rings (SSSR count). The molecule has 1 atom stereocenters. The summed E-state index contributed by atoms with van der Waals surface area (Å²) in [6.07, 6.45) is 0. The summed E-state index contributed by atoms with van der Waals surface area (Å²) in [4.78, 5) is 4.36. The Morgan fingerprint density at radius 1 is 1.27 bits per heavy atom. The van der Waals surface area contributed by atoms with E-state index >= 15 is 0 Å². The molecule has 0 radical (unpaired) electrons. The summed E-state index contributed by atoms with van der Waals surface area (Å²) in [6, 6.07) is 0.422. The SMILES string of the molecule is C1CNC(C2CNCCN2)=N1. The van der Waals surface area contributed by atoms with Gasteiger partial charge in [-0.05, 0) is 0 Å². The zero-order valence-corrected chi connectivity index (χ0v) is 6.56. The maximum absolute atomic E-state index is 4.36. The van der Waals surface area contributed by atoms with Crippen molar-refractivity contribution in [2.24, 2.45) is 4.99 Å². The van der Waals surface area contributed by atoms with Crippen molar-refractivity contribution in [1.29, 1.82) is 0 Å². The van der Waals surface area contributed by atoms with Gasteiger partial charge in [-0.3, -0.25) is 4.99 Å². The first-order valence-electron chi connectivity index (χ1n) is 4.19. The number of piperazine rings is 1. The molecule has 0 aliphatic carbocycles. The van der Waals surface area contributed by atoms with E-state index in [-0.39, 0.29) is 0 Å². The minimum Gasteiger partial charge on any atom is -0.371 e. The van der Waals surface area contributed by atoms with Crippen LogP contribution in [-0.2, 0) is 0 Å². The van der Waals surface area contributed by atoms with Crippen LogP contribution in [0.3, 0.4) is 0 Å². The maximum Gasteiger partial charge on any atom is 0.115 e. The minimum atomic E-state index is 0.422. The molecule has 0 bridgehead atoms. The Morgan fingerprint density at radius 2 is 2.27 bits per heavy atom. The van der Waals surface area contributed by atoms with Gasteiger partial charge in [-0.2, -0.15) is 0 Å². The van der Waals surface area contributed by atoms with Crippen molar-refractivity contribution >= 4 is 5.84 Å². The summed E-state index contributed by atoms with van der Waals surface area (Å²) >= 11 is 0. The summed E-state index contributed by atoms with van der Waals surface area (Å²) in [5.41, 5.74) is 0. The molecule has 0 aromatic rings. The summed E-state index contributed by atoms with van der Waals surface area (Å²) in [7, 11) is 0. The van der Waals surface area contributed by atoms with E-state index in [9.17, 15) is 0 Å². The smallest absolute Gasteiger partial charge is 0.115 e. The van der Waals surface area contributed by atoms with Gasteiger partial charge in [0.1, 0.15) is 5.84 Å². The van der Waals surface area contributed by atoms with Gasteiger partial charge in [0.15, 0.2) is 0 Å². The molecule has 4 nitrogen and oxygen atoms in total. The molecule has 2 heterocycles. The number of nitrogens with one attached hydrogen (secondary N) is 3. The predicted molar refractivity (Wildman–Crippen MR) is 45.0 cm³/mol. The van der Waals surface area contributed by atoms with Gasteiger partial charge >= 0.3 is 0 Å². The monoisotopic (exact) mass is 154 g/mol. The van der Waals surface area contributed by atoms with Gasteiger partial charge in [0.25, 0.3) is 0 Å². The van der Waals surface area contributed by atoms with Crippen molar-refractivity contribution < 1.29 is 0 Å². The normalized spacial score (nSPS) is 31.3. The van der Waals surface area contributed by atoms with Gasteiger partial charge in [0.2, 0.25) is 0 Å². The third-order valence-corrected chi connectivity index (χ3v) is 2.07. The van der Waals surface area contributed by atoms with Crippen molar-refractivity contribution in [3.8, 4) is 0 Å². The molecule has 4 heteroatoms. The summed E-state index contributed by atoms with van der Waals surface area (Å²) in [6.45, 7) is 5.07.